The summed E-state index contributed by atoms with van der Waals surface area (Å²) in [7, 11) is 1.96. The molecule has 64 valence electrons. The van der Waals surface area contributed by atoms with Crippen LogP contribution in [0, 0.1) is 0 Å². The second kappa shape index (κ2) is 5.14. The van der Waals surface area contributed by atoms with Crippen molar-refractivity contribution in [2.75, 3.05) is 7.05 Å². The first-order valence-electron chi connectivity index (χ1n) is 4.11. The van der Waals surface area contributed by atoms with Crippen LogP contribution in [-0.4, -0.2) is 13.1 Å². The maximum absolute atomic E-state index is 3.91. The monoisotopic (exact) mass is 153 g/mol. The van der Waals surface area contributed by atoms with E-state index in [0.717, 1.165) is 6.42 Å². The Bertz CT molecular complexity index is 156. The van der Waals surface area contributed by atoms with Gasteiger partial charge in [-0.1, -0.05) is 30.7 Å². The quantitative estimate of drug-likeness (QED) is 0.612. The summed E-state index contributed by atoms with van der Waals surface area (Å²) in [5.41, 5.74) is 2.58. The van der Waals surface area contributed by atoms with Gasteiger partial charge in [-0.05, 0) is 27.3 Å². The minimum Gasteiger partial charge on any atom is -0.310 e. The Balaban J connectivity index is 4.17. The van der Waals surface area contributed by atoms with Gasteiger partial charge in [0.15, 0.2) is 0 Å². The minimum absolute atomic E-state index is 0.343. The summed E-state index contributed by atoms with van der Waals surface area (Å²) < 4.78 is 0. The van der Waals surface area contributed by atoms with Gasteiger partial charge in [0.1, 0.15) is 0 Å². The molecule has 0 aromatic carbocycles. The summed E-state index contributed by atoms with van der Waals surface area (Å²) in [6.07, 6.45) is 3.34. The van der Waals surface area contributed by atoms with Crippen LogP contribution in [0.25, 0.3) is 0 Å². The molecule has 0 bridgehead atoms. The largest absolute Gasteiger partial charge is 0.310 e. The summed E-state index contributed by atoms with van der Waals surface area (Å²) in [5.74, 6) is 0. The first-order valence-corrected chi connectivity index (χ1v) is 4.11. The van der Waals surface area contributed by atoms with Gasteiger partial charge in [-0.25, -0.2) is 0 Å². The SMILES string of the molecule is C=C(C)C(C=C(C)CC)NC. The highest BCUT2D eigenvalue weighted by Crippen LogP contribution is 2.05. The zero-order valence-electron chi connectivity index (χ0n) is 8.07. The van der Waals surface area contributed by atoms with Crippen LogP contribution in [-0.2, 0) is 0 Å². The molecule has 0 rings (SSSR count). The fraction of sp³-hybridized carbons (Fsp3) is 0.600. The molecule has 1 unspecified atom stereocenters. The molecule has 1 N–H and O–H groups in total. The van der Waals surface area contributed by atoms with Crippen molar-refractivity contribution < 1.29 is 0 Å². The maximum atomic E-state index is 3.91. The van der Waals surface area contributed by atoms with Crippen LogP contribution in [0.3, 0.4) is 0 Å². The third-order valence-electron chi connectivity index (χ3n) is 1.85. The lowest BCUT2D eigenvalue weighted by Crippen LogP contribution is -2.23. The predicted octanol–water partition coefficient (Wildman–Crippen LogP) is 2.51. The van der Waals surface area contributed by atoms with Crippen LogP contribution in [0.5, 0.6) is 0 Å². The van der Waals surface area contributed by atoms with E-state index in [4.69, 9.17) is 0 Å². The Kier molecular flexibility index (Phi) is 4.88. The Morgan fingerprint density at radius 1 is 1.55 bits per heavy atom. The van der Waals surface area contributed by atoms with E-state index < -0.39 is 0 Å². The fourth-order valence-corrected chi connectivity index (χ4v) is 0.874. The molecule has 1 heteroatoms. The molecular formula is C10H19N. The summed E-state index contributed by atoms with van der Waals surface area (Å²) in [6.45, 7) is 10.3. The van der Waals surface area contributed by atoms with Crippen molar-refractivity contribution in [1.29, 1.82) is 0 Å². The number of nitrogens with one attached hydrogen (secondary N) is 1. The lowest BCUT2D eigenvalue weighted by Gasteiger charge is -2.12. The molecule has 1 atom stereocenters. The van der Waals surface area contributed by atoms with Crippen molar-refractivity contribution in [3.63, 3.8) is 0 Å². The van der Waals surface area contributed by atoms with Gasteiger partial charge < -0.3 is 5.32 Å². The topological polar surface area (TPSA) is 12.0 Å². The number of allylic oxidation sites excluding steroid dienone is 1. The molecule has 0 radical (unpaired) electrons. The average molecular weight is 153 g/mol. The van der Waals surface area contributed by atoms with Crippen molar-refractivity contribution in [2.45, 2.75) is 33.2 Å². The third-order valence-corrected chi connectivity index (χ3v) is 1.85. The molecule has 0 heterocycles. The summed E-state index contributed by atoms with van der Waals surface area (Å²) in [5, 5.41) is 3.19. The van der Waals surface area contributed by atoms with Crippen LogP contribution in [0.4, 0.5) is 0 Å². The first kappa shape index (κ1) is 10.4. The third kappa shape index (κ3) is 3.99. The smallest absolute Gasteiger partial charge is 0.0460 e. The molecule has 11 heavy (non-hydrogen) atoms. The Labute approximate surface area is 70.2 Å². The number of rotatable bonds is 4. The van der Waals surface area contributed by atoms with Gasteiger partial charge in [0.2, 0.25) is 0 Å². The van der Waals surface area contributed by atoms with E-state index in [2.05, 4.69) is 31.8 Å². The summed E-state index contributed by atoms with van der Waals surface area (Å²) in [6, 6.07) is 0.343. The summed E-state index contributed by atoms with van der Waals surface area (Å²) in [4.78, 5) is 0. The Morgan fingerprint density at radius 3 is 2.36 bits per heavy atom. The fourth-order valence-electron chi connectivity index (χ4n) is 0.874. The number of hydrogen-bond acceptors (Lipinski definition) is 1. The highest BCUT2D eigenvalue weighted by atomic mass is 14.9. The second-order valence-electron chi connectivity index (χ2n) is 2.98. The van der Waals surface area contributed by atoms with Crippen LogP contribution in [0.2, 0.25) is 0 Å². The molecule has 0 aromatic rings. The van der Waals surface area contributed by atoms with E-state index in [1.165, 1.54) is 11.1 Å². The second-order valence-corrected chi connectivity index (χ2v) is 2.98. The Morgan fingerprint density at radius 2 is 2.09 bits per heavy atom. The molecule has 0 aliphatic heterocycles. The molecule has 0 saturated heterocycles. The van der Waals surface area contributed by atoms with Crippen molar-refractivity contribution in [1.82, 2.24) is 5.32 Å². The zero-order chi connectivity index (χ0) is 8.85. The van der Waals surface area contributed by atoms with Gasteiger partial charge in [0.25, 0.3) is 0 Å². The number of hydrogen-bond donors (Lipinski definition) is 1. The van der Waals surface area contributed by atoms with Gasteiger partial charge in [0, 0.05) is 6.04 Å². The maximum Gasteiger partial charge on any atom is 0.0460 e. The van der Waals surface area contributed by atoms with Gasteiger partial charge in [0.05, 0.1) is 0 Å². The van der Waals surface area contributed by atoms with Crippen molar-refractivity contribution >= 4 is 0 Å². The van der Waals surface area contributed by atoms with Gasteiger partial charge >= 0.3 is 0 Å². The highest BCUT2D eigenvalue weighted by molar-refractivity contribution is 5.15. The first-order chi connectivity index (χ1) is 5.11. The van der Waals surface area contributed by atoms with Crippen molar-refractivity contribution in [3.05, 3.63) is 23.8 Å². The van der Waals surface area contributed by atoms with Gasteiger partial charge in [-0.15, -0.1) is 0 Å². The molecule has 1 nitrogen and oxygen atoms in total. The molecule has 0 saturated carbocycles. The van der Waals surface area contributed by atoms with E-state index in [1.807, 2.05) is 14.0 Å². The van der Waals surface area contributed by atoms with Crippen LogP contribution in [0.1, 0.15) is 27.2 Å². The molecule has 0 fully saturated rings. The standard InChI is InChI=1S/C10H19N/c1-6-9(4)7-10(11-5)8(2)3/h7,10-11H,2,6H2,1,3-5H3. The normalized spacial score (nSPS) is 14.7. The molecule has 0 aromatic heterocycles. The van der Waals surface area contributed by atoms with E-state index in [1.54, 1.807) is 0 Å². The minimum atomic E-state index is 0.343. The molecule has 0 spiro atoms. The lowest BCUT2D eigenvalue weighted by molar-refractivity contribution is 0.745. The van der Waals surface area contributed by atoms with E-state index in [9.17, 15) is 0 Å². The predicted molar refractivity (Wildman–Crippen MR) is 51.7 cm³/mol. The van der Waals surface area contributed by atoms with E-state index in [0.29, 0.717) is 6.04 Å². The number of likely N-dealkylation sites (N-methyl/N-ethyl adjacent to an activating group) is 1. The van der Waals surface area contributed by atoms with Gasteiger partial charge in [-0.3, -0.25) is 0 Å². The molecule has 0 aliphatic carbocycles. The van der Waals surface area contributed by atoms with E-state index >= 15 is 0 Å². The lowest BCUT2D eigenvalue weighted by atomic mass is 10.1. The zero-order valence-corrected chi connectivity index (χ0v) is 8.07. The summed E-state index contributed by atoms with van der Waals surface area (Å²) >= 11 is 0. The van der Waals surface area contributed by atoms with Crippen LogP contribution >= 0.6 is 0 Å². The van der Waals surface area contributed by atoms with Gasteiger partial charge in [-0.2, -0.15) is 0 Å². The molecular weight excluding hydrogens is 134 g/mol. The molecule has 0 amide bonds. The van der Waals surface area contributed by atoms with Crippen molar-refractivity contribution in [3.8, 4) is 0 Å². The van der Waals surface area contributed by atoms with Crippen molar-refractivity contribution in [2.24, 2.45) is 0 Å². The average Bonchev–Trinajstić information content (AvgIpc) is 1.99. The van der Waals surface area contributed by atoms with E-state index in [-0.39, 0.29) is 0 Å². The van der Waals surface area contributed by atoms with Crippen LogP contribution in [0.15, 0.2) is 23.8 Å². The highest BCUT2D eigenvalue weighted by Gasteiger charge is 2.01. The Hall–Kier alpha value is -0.560. The van der Waals surface area contributed by atoms with Crippen LogP contribution < -0.4 is 5.32 Å². The molecule has 0 aliphatic rings.